The van der Waals surface area contributed by atoms with Crippen molar-refractivity contribution in [2.45, 2.75) is 18.6 Å². The highest BCUT2D eigenvalue weighted by atomic mass is 35.5. The first-order chi connectivity index (χ1) is 15.0. The van der Waals surface area contributed by atoms with Crippen molar-refractivity contribution in [2.24, 2.45) is 5.92 Å². The zero-order chi connectivity index (χ0) is 23.5. The van der Waals surface area contributed by atoms with Gasteiger partial charge >= 0.3 is 0 Å². The molecular weight excluding hydrogens is 474 g/mol. The molecule has 0 saturated carbocycles. The predicted molar refractivity (Wildman–Crippen MR) is 127 cm³/mol. The van der Waals surface area contributed by atoms with E-state index in [-0.39, 0.29) is 18.2 Å². The molecule has 0 aromatic heterocycles. The van der Waals surface area contributed by atoms with Crippen molar-refractivity contribution in [3.8, 4) is 0 Å². The average molecular weight is 500 g/mol. The summed E-state index contributed by atoms with van der Waals surface area (Å²) in [6, 6.07) is 13.3. The lowest BCUT2D eigenvalue weighted by atomic mass is 9.98. The molecule has 32 heavy (non-hydrogen) atoms. The van der Waals surface area contributed by atoms with Crippen LogP contribution in [0.2, 0.25) is 5.02 Å². The van der Waals surface area contributed by atoms with E-state index in [0.717, 1.165) is 10.6 Å². The summed E-state index contributed by atoms with van der Waals surface area (Å²) < 4.78 is 51.8. The zero-order valence-corrected chi connectivity index (χ0v) is 20.3. The summed E-state index contributed by atoms with van der Waals surface area (Å²) in [6.07, 6.45) is 2.22. The normalized spacial score (nSPS) is 17.7. The van der Waals surface area contributed by atoms with Crippen LogP contribution in [-0.4, -0.2) is 53.4 Å². The van der Waals surface area contributed by atoms with Gasteiger partial charge in [-0.05, 0) is 42.7 Å². The molecule has 1 aliphatic heterocycles. The summed E-state index contributed by atoms with van der Waals surface area (Å²) in [4.78, 5) is 12.8. The number of anilines is 2. The minimum atomic E-state index is -3.64. The molecule has 1 heterocycles. The monoisotopic (exact) mass is 499 g/mol. The van der Waals surface area contributed by atoms with E-state index in [1.165, 1.54) is 11.4 Å². The van der Waals surface area contributed by atoms with Gasteiger partial charge in [0.25, 0.3) is 0 Å². The molecule has 0 spiro atoms. The number of sulfonamides is 2. The number of piperidine rings is 1. The number of carbonyl (C=O) groups excluding carboxylic acids is 1. The molecule has 0 aliphatic carbocycles. The number of nitrogens with one attached hydrogen (secondary N) is 1. The first-order valence-electron chi connectivity index (χ1n) is 10.0. The number of hydrogen-bond acceptors (Lipinski definition) is 5. The van der Waals surface area contributed by atoms with Gasteiger partial charge in [0.2, 0.25) is 26.0 Å². The van der Waals surface area contributed by atoms with Crippen LogP contribution < -0.4 is 9.62 Å². The highest BCUT2D eigenvalue weighted by molar-refractivity contribution is 7.92. The van der Waals surface area contributed by atoms with E-state index in [4.69, 9.17) is 11.6 Å². The lowest BCUT2D eigenvalue weighted by Crippen LogP contribution is -2.44. The van der Waals surface area contributed by atoms with Crippen molar-refractivity contribution in [3.63, 3.8) is 0 Å². The van der Waals surface area contributed by atoms with Gasteiger partial charge in [-0.1, -0.05) is 35.9 Å². The fourth-order valence-corrected chi connectivity index (χ4v) is 5.95. The van der Waals surface area contributed by atoms with Gasteiger partial charge < -0.3 is 5.32 Å². The summed E-state index contributed by atoms with van der Waals surface area (Å²) in [5.41, 5.74) is 1.38. The smallest absolute Gasteiger partial charge is 0.231 e. The van der Waals surface area contributed by atoms with Crippen molar-refractivity contribution >= 4 is 48.9 Å². The third kappa shape index (κ3) is 6.00. The molecule has 1 fully saturated rings. The molecule has 3 rings (SSSR count). The second kappa shape index (κ2) is 9.78. The van der Waals surface area contributed by atoms with Gasteiger partial charge in [0, 0.05) is 30.8 Å². The Morgan fingerprint density at radius 2 is 1.88 bits per heavy atom. The van der Waals surface area contributed by atoms with Gasteiger partial charge in [-0.25, -0.2) is 21.1 Å². The highest BCUT2D eigenvalue weighted by Gasteiger charge is 2.32. The number of rotatable bonds is 7. The van der Waals surface area contributed by atoms with Crippen LogP contribution in [0.1, 0.15) is 18.4 Å². The molecule has 1 saturated heterocycles. The van der Waals surface area contributed by atoms with Gasteiger partial charge in [0.05, 0.1) is 23.6 Å². The van der Waals surface area contributed by atoms with Gasteiger partial charge in [0.1, 0.15) is 0 Å². The zero-order valence-electron chi connectivity index (χ0n) is 17.9. The molecule has 1 amide bonds. The molecule has 1 unspecified atom stereocenters. The van der Waals surface area contributed by atoms with Crippen molar-refractivity contribution < 1.29 is 21.6 Å². The number of nitrogens with zero attached hydrogens (tertiary/aromatic N) is 2. The number of amides is 1. The average Bonchev–Trinajstić information content (AvgIpc) is 2.74. The van der Waals surface area contributed by atoms with Gasteiger partial charge in [0.15, 0.2) is 0 Å². The maximum Gasteiger partial charge on any atom is 0.231 e. The molecular formula is C21H26ClN3O5S2. The van der Waals surface area contributed by atoms with Crippen LogP contribution in [0, 0.1) is 5.92 Å². The summed E-state index contributed by atoms with van der Waals surface area (Å²) >= 11 is 6.11. The number of carbonyl (C=O) groups is 1. The van der Waals surface area contributed by atoms with Crippen LogP contribution in [-0.2, 0) is 30.6 Å². The van der Waals surface area contributed by atoms with E-state index in [9.17, 15) is 21.6 Å². The molecule has 2 aromatic carbocycles. The van der Waals surface area contributed by atoms with Crippen LogP contribution in [0.5, 0.6) is 0 Å². The maximum atomic E-state index is 12.9. The third-order valence-corrected chi connectivity index (χ3v) is 8.79. The van der Waals surface area contributed by atoms with Crippen molar-refractivity contribution in [1.29, 1.82) is 0 Å². The molecule has 1 atom stereocenters. The van der Waals surface area contributed by atoms with Crippen LogP contribution in [0.3, 0.4) is 0 Å². The Bertz CT molecular complexity index is 1200. The number of hydrogen-bond donors (Lipinski definition) is 1. The largest absolute Gasteiger partial charge is 0.326 e. The Kier molecular flexibility index (Phi) is 7.49. The predicted octanol–water partition coefficient (Wildman–Crippen LogP) is 2.92. The summed E-state index contributed by atoms with van der Waals surface area (Å²) in [5.74, 6) is -1.04. The Balaban J connectivity index is 1.69. The quantitative estimate of drug-likeness (QED) is 0.630. The van der Waals surface area contributed by atoms with E-state index in [1.54, 1.807) is 48.5 Å². The molecule has 174 valence electrons. The second-order valence-corrected chi connectivity index (χ2v) is 12.2. The summed E-state index contributed by atoms with van der Waals surface area (Å²) in [7, 11) is -5.64. The molecule has 0 radical (unpaired) electrons. The Morgan fingerprint density at radius 3 is 2.56 bits per heavy atom. The summed E-state index contributed by atoms with van der Waals surface area (Å²) in [6.45, 7) is 0.437. The lowest BCUT2D eigenvalue weighted by molar-refractivity contribution is -0.120. The molecule has 2 aromatic rings. The molecule has 11 heteroatoms. The minimum absolute atomic E-state index is 0.0849. The van der Waals surface area contributed by atoms with Crippen LogP contribution >= 0.6 is 11.6 Å². The van der Waals surface area contributed by atoms with E-state index in [1.807, 2.05) is 0 Å². The molecule has 1 N–H and O–H groups in total. The summed E-state index contributed by atoms with van der Waals surface area (Å²) in [5, 5.41) is 3.18. The van der Waals surface area contributed by atoms with Gasteiger partial charge in [-0.3, -0.25) is 9.10 Å². The highest BCUT2D eigenvalue weighted by Crippen LogP contribution is 2.26. The number of benzene rings is 2. The second-order valence-electron chi connectivity index (χ2n) is 7.81. The minimum Gasteiger partial charge on any atom is -0.326 e. The fourth-order valence-electron chi connectivity index (χ4n) is 3.53. The fraction of sp³-hybridized carbons (Fsp3) is 0.381. The van der Waals surface area contributed by atoms with Gasteiger partial charge in [-0.2, -0.15) is 0 Å². The van der Waals surface area contributed by atoms with E-state index < -0.39 is 26.0 Å². The van der Waals surface area contributed by atoms with Crippen LogP contribution in [0.4, 0.5) is 11.4 Å². The van der Waals surface area contributed by atoms with Gasteiger partial charge in [-0.15, -0.1) is 0 Å². The van der Waals surface area contributed by atoms with Crippen molar-refractivity contribution in [1.82, 2.24) is 4.31 Å². The maximum absolute atomic E-state index is 12.9. The SMILES string of the molecule is CN(c1cccc(NC(=O)C2CCCN(S(=O)(=O)Cc3ccccc3Cl)C2)c1)S(C)(=O)=O. The standard InChI is InChI=1S/C21H26ClN3O5S2/c1-24(31(2,27)28)19-10-5-9-18(13-19)23-21(26)16-8-6-12-25(14-16)32(29,30)15-17-7-3-4-11-20(17)22/h3-5,7,9-11,13,16H,6,8,12,14-15H2,1-2H3,(H,23,26). The van der Waals surface area contributed by atoms with Crippen LogP contribution in [0.15, 0.2) is 48.5 Å². The first kappa shape index (κ1) is 24.5. The Morgan fingerprint density at radius 1 is 1.16 bits per heavy atom. The Labute approximate surface area is 194 Å². The molecule has 1 aliphatic rings. The topological polar surface area (TPSA) is 104 Å². The molecule has 0 bridgehead atoms. The van der Waals surface area contributed by atoms with Crippen molar-refractivity contribution in [3.05, 3.63) is 59.1 Å². The first-order valence-corrected chi connectivity index (χ1v) is 13.9. The number of halogens is 1. The Hall–Kier alpha value is -2.14. The molecule has 8 nitrogen and oxygen atoms in total. The van der Waals surface area contributed by atoms with Crippen molar-refractivity contribution in [2.75, 3.05) is 36.0 Å². The van der Waals surface area contributed by atoms with E-state index in [0.29, 0.717) is 41.3 Å². The lowest BCUT2D eigenvalue weighted by Gasteiger charge is -2.31. The van der Waals surface area contributed by atoms with E-state index >= 15 is 0 Å². The van der Waals surface area contributed by atoms with Crippen LogP contribution in [0.25, 0.3) is 0 Å². The third-order valence-electron chi connectivity index (χ3n) is 5.42. The van der Waals surface area contributed by atoms with E-state index in [2.05, 4.69) is 5.32 Å².